The van der Waals surface area contributed by atoms with Crippen LogP contribution in [0.4, 0.5) is 5.95 Å². The summed E-state index contributed by atoms with van der Waals surface area (Å²) >= 11 is 1.49. The Balaban J connectivity index is 1.57. The molecule has 3 aromatic rings. The Hall–Kier alpha value is -2.22. The van der Waals surface area contributed by atoms with Crippen LogP contribution in [0.1, 0.15) is 14.5 Å². The summed E-state index contributed by atoms with van der Waals surface area (Å²) in [7, 11) is 0. The zero-order valence-electron chi connectivity index (χ0n) is 14.8. The maximum atomic E-state index is 12.6. The molecule has 0 spiro atoms. The fourth-order valence-electron chi connectivity index (χ4n) is 3.18. The van der Waals surface area contributed by atoms with Gasteiger partial charge in [0.25, 0.3) is 5.91 Å². The molecule has 0 saturated carbocycles. The van der Waals surface area contributed by atoms with Crippen molar-refractivity contribution in [2.24, 2.45) is 0 Å². The fourth-order valence-corrected chi connectivity index (χ4v) is 3.95. The molecule has 2 aromatic heterocycles. The standard InChI is InChI=1S/C19H22N4O2S/c1-14-6-7-17(26-14)18(24)21-19-20-15-4-2-3-5-16(15)23(19)9-8-22-10-12-25-13-11-22/h2-7H,8-13H2,1H3,(H,20,21,24). The predicted molar refractivity (Wildman–Crippen MR) is 104 cm³/mol. The number of imidazole rings is 1. The number of hydrogen-bond acceptors (Lipinski definition) is 5. The van der Waals surface area contributed by atoms with E-state index in [1.54, 1.807) is 0 Å². The predicted octanol–water partition coefficient (Wildman–Crippen LogP) is 2.99. The minimum Gasteiger partial charge on any atom is -0.379 e. The Labute approximate surface area is 156 Å². The van der Waals surface area contributed by atoms with Gasteiger partial charge >= 0.3 is 0 Å². The molecule has 0 radical (unpaired) electrons. The van der Waals surface area contributed by atoms with Crippen molar-refractivity contribution in [1.29, 1.82) is 0 Å². The second-order valence-corrected chi connectivity index (χ2v) is 7.68. The molecule has 1 aliphatic rings. The van der Waals surface area contributed by atoms with Crippen LogP contribution in [-0.4, -0.2) is 53.2 Å². The lowest BCUT2D eigenvalue weighted by atomic mass is 10.3. The number of ether oxygens (including phenoxy) is 1. The summed E-state index contributed by atoms with van der Waals surface area (Å²) < 4.78 is 7.52. The summed E-state index contributed by atoms with van der Waals surface area (Å²) in [4.78, 5) is 21.4. The monoisotopic (exact) mass is 370 g/mol. The van der Waals surface area contributed by atoms with E-state index in [9.17, 15) is 4.79 Å². The van der Waals surface area contributed by atoms with E-state index in [-0.39, 0.29) is 5.91 Å². The van der Waals surface area contributed by atoms with Crippen molar-refractivity contribution < 1.29 is 9.53 Å². The summed E-state index contributed by atoms with van der Waals surface area (Å²) in [6.07, 6.45) is 0. The molecule has 3 heterocycles. The number of aromatic nitrogens is 2. The fraction of sp³-hybridized carbons (Fsp3) is 0.368. The van der Waals surface area contributed by atoms with Crippen molar-refractivity contribution in [3.8, 4) is 0 Å². The number of hydrogen-bond donors (Lipinski definition) is 1. The minimum atomic E-state index is -0.106. The van der Waals surface area contributed by atoms with Gasteiger partial charge < -0.3 is 9.30 Å². The normalized spacial score (nSPS) is 15.4. The first-order chi connectivity index (χ1) is 12.7. The van der Waals surface area contributed by atoms with E-state index in [1.165, 1.54) is 11.3 Å². The molecule has 136 valence electrons. The number of amides is 1. The number of rotatable bonds is 5. The van der Waals surface area contributed by atoms with Crippen LogP contribution in [0.25, 0.3) is 11.0 Å². The summed E-state index contributed by atoms with van der Waals surface area (Å²) in [5.74, 6) is 0.501. The number of aryl methyl sites for hydroxylation is 1. The average molecular weight is 370 g/mol. The van der Waals surface area contributed by atoms with E-state index < -0.39 is 0 Å². The van der Waals surface area contributed by atoms with Crippen LogP contribution in [-0.2, 0) is 11.3 Å². The Morgan fingerprint density at radius 2 is 2.00 bits per heavy atom. The maximum Gasteiger partial charge on any atom is 0.268 e. The largest absolute Gasteiger partial charge is 0.379 e. The Bertz CT molecular complexity index is 911. The molecule has 0 bridgehead atoms. The van der Waals surface area contributed by atoms with Crippen molar-refractivity contribution in [3.05, 3.63) is 46.2 Å². The smallest absolute Gasteiger partial charge is 0.268 e. The highest BCUT2D eigenvalue weighted by Crippen LogP contribution is 2.22. The van der Waals surface area contributed by atoms with Gasteiger partial charge in [0.05, 0.1) is 29.1 Å². The molecule has 0 aliphatic carbocycles. The van der Waals surface area contributed by atoms with Crippen molar-refractivity contribution >= 4 is 34.2 Å². The van der Waals surface area contributed by atoms with Crippen molar-refractivity contribution in [1.82, 2.24) is 14.5 Å². The van der Waals surface area contributed by atoms with E-state index in [0.717, 1.165) is 55.3 Å². The Kier molecular flexibility index (Phi) is 5.01. The van der Waals surface area contributed by atoms with Crippen LogP contribution >= 0.6 is 11.3 Å². The van der Waals surface area contributed by atoms with E-state index in [0.29, 0.717) is 10.8 Å². The highest BCUT2D eigenvalue weighted by atomic mass is 32.1. The van der Waals surface area contributed by atoms with E-state index in [2.05, 4.69) is 19.8 Å². The average Bonchev–Trinajstić information content (AvgIpc) is 3.24. The minimum absolute atomic E-state index is 0.106. The molecule has 26 heavy (non-hydrogen) atoms. The number of carbonyl (C=O) groups excluding carboxylic acids is 1. The second kappa shape index (κ2) is 7.57. The summed E-state index contributed by atoms with van der Waals surface area (Å²) in [5, 5.41) is 3.00. The van der Waals surface area contributed by atoms with Crippen LogP contribution in [0.2, 0.25) is 0 Å². The van der Waals surface area contributed by atoms with Crippen molar-refractivity contribution in [3.63, 3.8) is 0 Å². The van der Waals surface area contributed by atoms with Gasteiger partial charge in [0.2, 0.25) is 5.95 Å². The molecule has 1 N–H and O–H groups in total. The third kappa shape index (κ3) is 3.65. The number of morpholine rings is 1. The van der Waals surface area contributed by atoms with Gasteiger partial charge in [-0.05, 0) is 31.2 Å². The summed E-state index contributed by atoms with van der Waals surface area (Å²) in [6.45, 7) is 7.15. The second-order valence-electron chi connectivity index (χ2n) is 6.39. The number of para-hydroxylation sites is 2. The van der Waals surface area contributed by atoms with Gasteiger partial charge in [-0.1, -0.05) is 12.1 Å². The lowest BCUT2D eigenvalue weighted by Gasteiger charge is -2.26. The molecular weight excluding hydrogens is 348 g/mol. The lowest BCUT2D eigenvalue weighted by Crippen LogP contribution is -2.38. The van der Waals surface area contributed by atoms with Gasteiger partial charge in [-0.25, -0.2) is 4.98 Å². The van der Waals surface area contributed by atoms with E-state index in [1.807, 2.05) is 43.3 Å². The zero-order valence-corrected chi connectivity index (χ0v) is 15.6. The molecule has 1 fully saturated rings. The molecule has 7 heteroatoms. The topological polar surface area (TPSA) is 59.4 Å². The molecule has 6 nitrogen and oxygen atoms in total. The molecule has 1 aliphatic heterocycles. The molecule has 1 saturated heterocycles. The quantitative estimate of drug-likeness (QED) is 0.750. The van der Waals surface area contributed by atoms with Crippen molar-refractivity contribution in [2.45, 2.75) is 13.5 Å². The highest BCUT2D eigenvalue weighted by molar-refractivity contribution is 7.14. The molecular formula is C19H22N4O2S. The Morgan fingerprint density at radius 1 is 1.19 bits per heavy atom. The number of anilines is 1. The van der Waals surface area contributed by atoms with Crippen molar-refractivity contribution in [2.75, 3.05) is 38.2 Å². The highest BCUT2D eigenvalue weighted by Gasteiger charge is 2.17. The first kappa shape index (κ1) is 17.2. The van der Waals surface area contributed by atoms with Crippen LogP contribution in [0.15, 0.2) is 36.4 Å². The van der Waals surface area contributed by atoms with Crippen LogP contribution in [0.3, 0.4) is 0 Å². The van der Waals surface area contributed by atoms with Gasteiger partial charge in [-0.3, -0.25) is 15.0 Å². The van der Waals surface area contributed by atoms with E-state index in [4.69, 9.17) is 4.74 Å². The first-order valence-corrected chi connectivity index (χ1v) is 9.65. The molecule has 0 atom stereocenters. The first-order valence-electron chi connectivity index (χ1n) is 8.84. The summed E-state index contributed by atoms with van der Waals surface area (Å²) in [6, 6.07) is 11.8. The van der Waals surface area contributed by atoms with Gasteiger partial charge in [-0.2, -0.15) is 0 Å². The number of fused-ring (bicyclic) bond motifs is 1. The van der Waals surface area contributed by atoms with Gasteiger partial charge in [0, 0.05) is 31.1 Å². The van der Waals surface area contributed by atoms with Gasteiger partial charge in [0.1, 0.15) is 0 Å². The molecule has 4 rings (SSSR count). The molecule has 0 unspecified atom stereocenters. The molecule has 1 aromatic carbocycles. The zero-order chi connectivity index (χ0) is 17.9. The van der Waals surface area contributed by atoms with Crippen LogP contribution < -0.4 is 5.32 Å². The van der Waals surface area contributed by atoms with Crippen LogP contribution in [0, 0.1) is 6.92 Å². The number of nitrogens with zero attached hydrogens (tertiary/aromatic N) is 3. The number of benzene rings is 1. The van der Waals surface area contributed by atoms with E-state index >= 15 is 0 Å². The van der Waals surface area contributed by atoms with Crippen LogP contribution in [0.5, 0.6) is 0 Å². The summed E-state index contributed by atoms with van der Waals surface area (Å²) in [5.41, 5.74) is 1.94. The Morgan fingerprint density at radius 3 is 2.77 bits per heavy atom. The third-order valence-corrected chi connectivity index (χ3v) is 5.59. The maximum absolute atomic E-state index is 12.6. The van der Waals surface area contributed by atoms with Gasteiger partial charge in [-0.15, -0.1) is 11.3 Å². The SMILES string of the molecule is Cc1ccc(C(=O)Nc2nc3ccccc3n2CCN2CCOCC2)s1. The molecule has 1 amide bonds. The number of thiophene rings is 1. The number of nitrogens with one attached hydrogen (secondary N) is 1. The lowest BCUT2D eigenvalue weighted by molar-refractivity contribution is 0.0366. The van der Waals surface area contributed by atoms with Gasteiger partial charge in [0.15, 0.2) is 0 Å². The number of carbonyl (C=O) groups is 1. The third-order valence-electron chi connectivity index (χ3n) is 4.59.